The average Bonchev–Trinajstić information content (AvgIpc) is 2.82. The fourth-order valence-corrected chi connectivity index (χ4v) is 2.44. The van der Waals surface area contributed by atoms with Crippen LogP contribution in [0.15, 0.2) is 42.7 Å². The van der Waals surface area contributed by atoms with E-state index < -0.39 is 0 Å². The number of pyridine rings is 1. The summed E-state index contributed by atoms with van der Waals surface area (Å²) in [5.41, 5.74) is 3.87. The number of carbonyl (C=O) groups excluding carboxylic acids is 1. The monoisotopic (exact) mass is 294 g/mol. The highest BCUT2D eigenvalue weighted by Gasteiger charge is 2.06. The van der Waals surface area contributed by atoms with Crippen LogP contribution in [-0.2, 0) is 13.5 Å². The van der Waals surface area contributed by atoms with Crippen LogP contribution < -0.4 is 5.32 Å². The summed E-state index contributed by atoms with van der Waals surface area (Å²) in [4.78, 5) is 20.4. The number of rotatable bonds is 4. The Kier molecular flexibility index (Phi) is 3.87. The molecule has 1 N–H and O–H groups in total. The highest BCUT2D eigenvalue weighted by Crippen LogP contribution is 2.16. The Hall–Kier alpha value is -2.69. The van der Waals surface area contributed by atoms with Crippen LogP contribution in [0.5, 0.6) is 0 Å². The second kappa shape index (κ2) is 5.97. The molecule has 0 radical (unpaired) electrons. The zero-order valence-electron chi connectivity index (χ0n) is 12.7. The van der Waals surface area contributed by atoms with Crippen molar-refractivity contribution in [3.63, 3.8) is 0 Å². The molecule has 0 spiro atoms. The van der Waals surface area contributed by atoms with Crippen LogP contribution >= 0.6 is 0 Å². The molecule has 1 amide bonds. The molecule has 0 fully saturated rings. The third-order valence-electron chi connectivity index (χ3n) is 3.79. The molecule has 0 unspecified atom stereocenters. The van der Waals surface area contributed by atoms with Crippen LogP contribution in [0.2, 0.25) is 0 Å². The van der Waals surface area contributed by atoms with Crippen molar-refractivity contribution in [1.29, 1.82) is 0 Å². The third kappa shape index (κ3) is 2.83. The van der Waals surface area contributed by atoms with E-state index in [1.807, 2.05) is 14.0 Å². The first kappa shape index (κ1) is 14.3. The lowest BCUT2D eigenvalue weighted by molar-refractivity contribution is 0.0954. The van der Waals surface area contributed by atoms with E-state index in [-0.39, 0.29) is 5.91 Å². The number of nitrogens with zero attached hydrogens (tertiary/aromatic N) is 3. The van der Waals surface area contributed by atoms with Gasteiger partial charge in [-0.1, -0.05) is 6.07 Å². The molecule has 22 heavy (non-hydrogen) atoms. The summed E-state index contributed by atoms with van der Waals surface area (Å²) in [5.74, 6) is 0.903. The van der Waals surface area contributed by atoms with Crippen molar-refractivity contribution in [2.45, 2.75) is 13.3 Å². The van der Waals surface area contributed by atoms with Gasteiger partial charge in [-0.25, -0.2) is 4.98 Å². The molecule has 0 saturated heterocycles. The summed E-state index contributed by atoms with van der Waals surface area (Å²) in [7, 11) is 2.01. The highest BCUT2D eigenvalue weighted by atomic mass is 16.1. The van der Waals surface area contributed by atoms with Gasteiger partial charge in [0.1, 0.15) is 5.82 Å². The van der Waals surface area contributed by atoms with Crippen LogP contribution in [0.25, 0.3) is 11.0 Å². The van der Waals surface area contributed by atoms with E-state index in [1.54, 1.807) is 24.5 Å². The van der Waals surface area contributed by atoms with Crippen LogP contribution in [-0.4, -0.2) is 27.0 Å². The smallest absolute Gasteiger partial charge is 0.252 e. The molecule has 0 aliphatic carbocycles. The molecule has 5 nitrogen and oxygen atoms in total. The zero-order valence-corrected chi connectivity index (χ0v) is 12.7. The molecular formula is C17H18N4O. The van der Waals surface area contributed by atoms with Gasteiger partial charge in [0.05, 0.1) is 16.6 Å². The SMILES string of the molecule is Cc1nc2cc(CCNC(=O)c3cccnc3)ccc2n1C. The minimum atomic E-state index is -0.0946. The van der Waals surface area contributed by atoms with Gasteiger partial charge < -0.3 is 9.88 Å². The number of aryl methyl sites for hydroxylation is 2. The number of aromatic nitrogens is 3. The normalized spacial score (nSPS) is 10.8. The van der Waals surface area contributed by atoms with E-state index in [4.69, 9.17) is 0 Å². The summed E-state index contributed by atoms with van der Waals surface area (Å²) >= 11 is 0. The summed E-state index contributed by atoms with van der Waals surface area (Å²) in [5, 5.41) is 2.91. The molecule has 2 heterocycles. The number of imidazole rings is 1. The van der Waals surface area contributed by atoms with Gasteiger partial charge in [-0.05, 0) is 43.2 Å². The molecule has 112 valence electrons. The topological polar surface area (TPSA) is 59.8 Å². The van der Waals surface area contributed by atoms with Gasteiger partial charge in [0.15, 0.2) is 0 Å². The van der Waals surface area contributed by atoms with Gasteiger partial charge in [-0.3, -0.25) is 9.78 Å². The highest BCUT2D eigenvalue weighted by molar-refractivity contribution is 5.93. The lowest BCUT2D eigenvalue weighted by Crippen LogP contribution is -2.25. The first-order valence-electron chi connectivity index (χ1n) is 7.25. The van der Waals surface area contributed by atoms with Gasteiger partial charge in [0, 0.05) is 26.0 Å². The Morgan fingerprint density at radius 3 is 2.95 bits per heavy atom. The molecule has 2 aromatic heterocycles. The first-order chi connectivity index (χ1) is 10.6. The first-order valence-corrected chi connectivity index (χ1v) is 7.25. The van der Waals surface area contributed by atoms with Gasteiger partial charge in [0.25, 0.3) is 5.91 Å². The molecule has 1 aromatic carbocycles. The number of benzene rings is 1. The molecule has 3 aromatic rings. The lowest BCUT2D eigenvalue weighted by atomic mass is 10.1. The van der Waals surface area contributed by atoms with Crippen molar-refractivity contribution in [2.24, 2.45) is 7.05 Å². The maximum Gasteiger partial charge on any atom is 0.252 e. The largest absolute Gasteiger partial charge is 0.352 e. The average molecular weight is 294 g/mol. The van der Waals surface area contributed by atoms with E-state index in [0.717, 1.165) is 28.8 Å². The van der Waals surface area contributed by atoms with Crippen LogP contribution in [0.3, 0.4) is 0 Å². The number of hydrogen-bond donors (Lipinski definition) is 1. The number of amides is 1. The van der Waals surface area contributed by atoms with E-state index >= 15 is 0 Å². The maximum absolute atomic E-state index is 11.9. The molecule has 0 atom stereocenters. The van der Waals surface area contributed by atoms with Gasteiger partial charge in [-0.2, -0.15) is 0 Å². The molecular weight excluding hydrogens is 276 g/mol. The Morgan fingerprint density at radius 1 is 1.32 bits per heavy atom. The Morgan fingerprint density at radius 2 is 2.18 bits per heavy atom. The Balaban J connectivity index is 1.63. The van der Waals surface area contributed by atoms with E-state index in [2.05, 4.69) is 38.1 Å². The van der Waals surface area contributed by atoms with Crippen molar-refractivity contribution in [1.82, 2.24) is 19.9 Å². The van der Waals surface area contributed by atoms with Crippen molar-refractivity contribution in [3.8, 4) is 0 Å². The standard InChI is InChI=1S/C17H18N4O/c1-12-20-15-10-13(5-6-16(15)21(12)2)7-9-19-17(22)14-4-3-8-18-11-14/h3-6,8,10-11H,7,9H2,1-2H3,(H,19,22). The summed E-state index contributed by atoms with van der Waals surface area (Å²) in [6, 6.07) is 9.75. The van der Waals surface area contributed by atoms with Crippen molar-refractivity contribution in [3.05, 3.63) is 59.7 Å². The van der Waals surface area contributed by atoms with Gasteiger partial charge in [-0.15, -0.1) is 0 Å². The third-order valence-corrected chi connectivity index (χ3v) is 3.79. The van der Waals surface area contributed by atoms with Crippen LogP contribution in [0, 0.1) is 6.92 Å². The van der Waals surface area contributed by atoms with E-state index in [9.17, 15) is 4.79 Å². The summed E-state index contributed by atoms with van der Waals surface area (Å²) < 4.78 is 2.07. The molecule has 0 saturated carbocycles. The zero-order chi connectivity index (χ0) is 15.5. The summed E-state index contributed by atoms with van der Waals surface area (Å²) in [6.07, 6.45) is 4.00. The summed E-state index contributed by atoms with van der Waals surface area (Å²) in [6.45, 7) is 2.58. The van der Waals surface area contributed by atoms with E-state index in [1.165, 1.54) is 0 Å². The predicted octanol–water partition coefficient (Wildman–Crippen LogP) is 2.25. The molecule has 0 bridgehead atoms. The molecule has 0 aliphatic rings. The quantitative estimate of drug-likeness (QED) is 0.803. The van der Waals surface area contributed by atoms with E-state index in [0.29, 0.717) is 12.1 Å². The fourth-order valence-electron chi connectivity index (χ4n) is 2.44. The second-order valence-electron chi connectivity index (χ2n) is 5.29. The Labute approximate surface area is 129 Å². The molecule has 3 rings (SSSR count). The number of nitrogens with one attached hydrogen (secondary N) is 1. The lowest BCUT2D eigenvalue weighted by Gasteiger charge is -2.05. The number of carbonyl (C=O) groups is 1. The van der Waals surface area contributed by atoms with Crippen LogP contribution in [0.4, 0.5) is 0 Å². The van der Waals surface area contributed by atoms with Gasteiger partial charge >= 0.3 is 0 Å². The number of fused-ring (bicyclic) bond motifs is 1. The fraction of sp³-hybridized carbons (Fsp3) is 0.235. The van der Waals surface area contributed by atoms with Gasteiger partial charge in [0.2, 0.25) is 0 Å². The predicted molar refractivity (Wildman–Crippen MR) is 85.7 cm³/mol. The van der Waals surface area contributed by atoms with Crippen molar-refractivity contribution in [2.75, 3.05) is 6.54 Å². The Bertz CT molecular complexity index is 808. The number of hydrogen-bond acceptors (Lipinski definition) is 3. The second-order valence-corrected chi connectivity index (χ2v) is 5.29. The minimum Gasteiger partial charge on any atom is -0.352 e. The minimum absolute atomic E-state index is 0.0946. The molecule has 5 heteroatoms. The van der Waals surface area contributed by atoms with Crippen molar-refractivity contribution < 1.29 is 4.79 Å². The van der Waals surface area contributed by atoms with Crippen molar-refractivity contribution >= 4 is 16.9 Å². The molecule has 0 aliphatic heterocycles. The van der Waals surface area contributed by atoms with Crippen LogP contribution in [0.1, 0.15) is 21.7 Å². The maximum atomic E-state index is 11.9.